The van der Waals surface area contributed by atoms with E-state index in [1.807, 2.05) is 0 Å². The summed E-state index contributed by atoms with van der Waals surface area (Å²) in [5.41, 5.74) is 1.86. The fourth-order valence-electron chi connectivity index (χ4n) is 4.03. The maximum absolute atomic E-state index is 3.90. The van der Waals surface area contributed by atoms with Crippen LogP contribution in [0.2, 0.25) is 0 Å². The summed E-state index contributed by atoms with van der Waals surface area (Å²) in [7, 11) is 0. The topological polar surface area (TPSA) is 15.3 Å². The quantitative estimate of drug-likeness (QED) is 0.843. The molecule has 114 valence electrons. The first-order valence-electron chi connectivity index (χ1n) is 8.48. The first kappa shape index (κ1) is 14.8. The Hall–Kier alpha value is -1.12. The smallest absolute Gasteiger partial charge is 0.0473 e. The van der Waals surface area contributed by atoms with Gasteiger partial charge in [-0.1, -0.05) is 55.3 Å². The molecule has 1 aliphatic heterocycles. The molecule has 2 nitrogen and oxygen atoms in total. The Morgan fingerprint density at radius 1 is 1.24 bits per heavy atom. The second-order valence-corrected chi connectivity index (χ2v) is 6.62. The number of hydrogen-bond acceptors (Lipinski definition) is 2. The molecule has 0 bridgehead atoms. The molecule has 21 heavy (non-hydrogen) atoms. The summed E-state index contributed by atoms with van der Waals surface area (Å²) >= 11 is 0. The highest BCUT2D eigenvalue weighted by Crippen LogP contribution is 2.36. The van der Waals surface area contributed by atoms with Gasteiger partial charge in [0.1, 0.15) is 0 Å². The Bertz CT molecular complexity index is 460. The van der Waals surface area contributed by atoms with E-state index in [2.05, 4.69) is 59.6 Å². The summed E-state index contributed by atoms with van der Waals surface area (Å²) in [6.07, 6.45) is 11.1. The first-order chi connectivity index (χ1) is 10.3. The average Bonchev–Trinajstić information content (AvgIpc) is 2.97. The highest BCUT2D eigenvalue weighted by Gasteiger charge is 2.40. The molecule has 1 saturated heterocycles. The molecule has 1 aromatic rings. The minimum absolute atomic E-state index is 0.404. The lowest BCUT2D eigenvalue weighted by atomic mass is 9.90. The van der Waals surface area contributed by atoms with E-state index in [0.29, 0.717) is 11.6 Å². The standard InChI is InChI=1S/C19H28N2/c1-2-3-9-14-21-16-19(12-7-8-13-19)20-15-18(21)17-10-5-4-6-11-17/h2-6,10-11,18,20H,7-9,12-16H2,1H3/b3-2+. The van der Waals surface area contributed by atoms with Crippen LogP contribution in [0.5, 0.6) is 0 Å². The van der Waals surface area contributed by atoms with Crippen molar-refractivity contribution in [2.24, 2.45) is 0 Å². The molecule has 1 aliphatic carbocycles. The largest absolute Gasteiger partial charge is 0.308 e. The van der Waals surface area contributed by atoms with E-state index in [9.17, 15) is 0 Å². The van der Waals surface area contributed by atoms with Crippen molar-refractivity contribution >= 4 is 0 Å². The summed E-state index contributed by atoms with van der Waals surface area (Å²) in [6, 6.07) is 11.5. The van der Waals surface area contributed by atoms with Crippen molar-refractivity contribution in [3.8, 4) is 0 Å². The lowest BCUT2D eigenvalue weighted by Gasteiger charge is -2.46. The number of benzene rings is 1. The van der Waals surface area contributed by atoms with E-state index in [1.165, 1.54) is 44.3 Å². The number of piperazine rings is 1. The van der Waals surface area contributed by atoms with Gasteiger partial charge in [-0.15, -0.1) is 0 Å². The molecular weight excluding hydrogens is 256 g/mol. The van der Waals surface area contributed by atoms with Crippen LogP contribution in [-0.4, -0.2) is 30.1 Å². The number of hydrogen-bond donors (Lipinski definition) is 1. The van der Waals surface area contributed by atoms with Gasteiger partial charge in [-0.3, -0.25) is 4.90 Å². The highest BCUT2D eigenvalue weighted by molar-refractivity contribution is 5.21. The third-order valence-corrected chi connectivity index (χ3v) is 5.18. The normalized spacial score (nSPS) is 25.9. The van der Waals surface area contributed by atoms with Crippen LogP contribution in [0.3, 0.4) is 0 Å². The molecule has 2 heteroatoms. The van der Waals surface area contributed by atoms with Crippen LogP contribution < -0.4 is 5.32 Å². The minimum atomic E-state index is 0.404. The zero-order chi connectivity index (χ0) is 14.5. The highest BCUT2D eigenvalue weighted by atomic mass is 15.3. The zero-order valence-electron chi connectivity index (χ0n) is 13.2. The number of nitrogens with zero attached hydrogens (tertiary/aromatic N) is 1. The third kappa shape index (κ3) is 3.38. The molecule has 1 unspecified atom stereocenters. The van der Waals surface area contributed by atoms with Gasteiger partial charge in [-0.05, 0) is 31.7 Å². The fourth-order valence-corrected chi connectivity index (χ4v) is 4.03. The molecule has 0 radical (unpaired) electrons. The van der Waals surface area contributed by atoms with E-state index in [0.717, 1.165) is 13.0 Å². The summed E-state index contributed by atoms with van der Waals surface area (Å²) in [6.45, 7) is 5.60. The van der Waals surface area contributed by atoms with Crippen LogP contribution in [0.15, 0.2) is 42.5 Å². The molecular formula is C19H28N2. The van der Waals surface area contributed by atoms with Gasteiger partial charge in [0.05, 0.1) is 0 Å². The average molecular weight is 284 g/mol. The first-order valence-corrected chi connectivity index (χ1v) is 8.48. The Kier molecular flexibility index (Phi) is 4.77. The molecule has 3 rings (SSSR count). The van der Waals surface area contributed by atoms with Gasteiger partial charge in [0, 0.05) is 31.2 Å². The predicted molar refractivity (Wildman–Crippen MR) is 89.4 cm³/mol. The van der Waals surface area contributed by atoms with Crippen LogP contribution >= 0.6 is 0 Å². The molecule has 1 atom stereocenters. The van der Waals surface area contributed by atoms with Crippen molar-refractivity contribution in [1.29, 1.82) is 0 Å². The van der Waals surface area contributed by atoms with Crippen LogP contribution in [0.25, 0.3) is 0 Å². The maximum atomic E-state index is 3.90. The van der Waals surface area contributed by atoms with Crippen molar-refractivity contribution < 1.29 is 0 Å². The second kappa shape index (κ2) is 6.76. The molecule has 1 aromatic carbocycles. The van der Waals surface area contributed by atoms with Crippen LogP contribution in [-0.2, 0) is 0 Å². The van der Waals surface area contributed by atoms with Crippen molar-refractivity contribution in [1.82, 2.24) is 10.2 Å². The Labute approximate surface area is 129 Å². The SMILES string of the molecule is C/C=C/CCN1CC2(CCCC2)NCC1c1ccccc1. The molecule has 0 amide bonds. The number of rotatable bonds is 4. The van der Waals surface area contributed by atoms with E-state index in [4.69, 9.17) is 0 Å². The fraction of sp³-hybridized carbons (Fsp3) is 0.579. The maximum Gasteiger partial charge on any atom is 0.0473 e. The van der Waals surface area contributed by atoms with Gasteiger partial charge in [0.2, 0.25) is 0 Å². The second-order valence-electron chi connectivity index (χ2n) is 6.62. The summed E-state index contributed by atoms with van der Waals surface area (Å²) in [4.78, 5) is 2.72. The monoisotopic (exact) mass is 284 g/mol. The van der Waals surface area contributed by atoms with Gasteiger partial charge >= 0.3 is 0 Å². The molecule has 1 N–H and O–H groups in total. The lowest BCUT2D eigenvalue weighted by molar-refractivity contribution is 0.0818. The van der Waals surface area contributed by atoms with E-state index < -0.39 is 0 Å². The van der Waals surface area contributed by atoms with Crippen LogP contribution in [0.4, 0.5) is 0 Å². The van der Waals surface area contributed by atoms with E-state index >= 15 is 0 Å². The minimum Gasteiger partial charge on any atom is -0.308 e. The molecule has 0 aromatic heterocycles. The molecule has 1 heterocycles. The van der Waals surface area contributed by atoms with Crippen molar-refractivity contribution in [3.05, 3.63) is 48.0 Å². The summed E-state index contributed by atoms with van der Waals surface area (Å²) in [5.74, 6) is 0. The number of allylic oxidation sites excluding steroid dienone is 1. The van der Waals surface area contributed by atoms with Gasteiger partial charge in [0.15, 0.2) is 0 Å². The van der Waals surface area contributed by atoms with Gasteiger partial charge < -0.3 is 5.32 Å². The summed E-state index contributed by atoms with van der Waals surface area (Å²) < 4.78 is 0. The lowest BCUT2D eigenvalue weighted by Crippen LogP contribution is -2.60. The predicted octanol–water partition coefficient (Wildman–Crippen LogP) is 3.91. The van der Waals surface area contributed by atoms with Gasteiger partial charge in [0.25, 0.3) is 0 Å². The Morgan fingerprint density at radius 2 is 2.00 bits per heavy atom. The molecule has 1 saturated carbocycles. The van der Waals surface area contributed by atoms with E-state index in [1.54, 1.807) is 0 Å². The van der Waals surface area contributed by atoms with E-state index in [-0.39, 0.29) is 0 Å². The molecule has 2 fully saturated rings. The van der Waals surface area contributed by atoms with Gasteiger partial charge in [-0.25, -0.2) is 0 Å². The van der Waals surface area contributed by atoms with Gasteiger partial charge in [-0.2, -0.15) is 0 Å². The van der Waals surface area contributed by atoms with Crippen LogP contribution in [0, 0.1) is 0 Å². The Morgan fingerprint density at radius 3 is 2.71 bits per heavy atom. The van der Waals surface area contributed by atoms with Crippen LogP contribution in [0.1, 0.15) is 50.6 Å². The van der Waals surface area contributed by atoms with Crippen molar-refractivity contribution in [2.45, 2.75) is 50.6 Å². The third-order valence-electron chi connectivity index (χ3n) is 5.18. The number of nitrogens with one attached hydrogen (secondary N) is 1. The van der Waals surface area contributed by atoms with Crippen molar-refractivity contribution in [2.75, 3.05) is 19.6 Å². The zero-order valence-corrected chi connectivity index (χ0v) is 13.2. The Balaban J connectivity index is 1.75. The molecule has 1 spiro atoms. The molecule has 2 aliphatic rings. The summed E-state index contributed by atoms with van der Waals surface area (Å²) in [5, 5.41) is 3.90. The van der Waals surface area contributed by atoms with Crippen molar-refractivity contribution in [3.63, 3.8) is 0 Å².